The molecule has 0 N–H and O–H groups in total. The van der Waals surface area contributed by atoms with Gasteiger partial charge in [-0.25, -0.2) is 4.79 Å². The number of hydrogen-bond acceptors (Lipinski definition) is 8. The molecule has 1 aliphatic heterocycles. The van der Waals surface area contributed by atoms with E-state index in [4.69, 9.17) is 30.5 Å². The van der Waals surface area contributed by atoms with Crippen LogP contribution in [0.4, 0.5) is 5.69 Å². The normalized spacial score (nSPS) is 25.8. The predicted molar refractivity (Wildman–Crippen MR) is 143 cm³/mol. The number of hydrogen-bond donors (Lipinski definition) is 0. The Kier molecular flexibility index (Phi) is 6.03. The van der Waals surface area contributed by atoms with E-state index in [0.29, 0.717) is 17.9 Å². The van der Waals surface area contributed by atoms with Gasteiger partial charge in [-0.3, -0.25) is 14.9 Å². The molecule has 2 aromatic carbocycles. The second-order valence-corrected chi connectivity index (χ2v) is 11.7. The lowest BCUT2D eigenvalue weighted by Crippen LogP contribution is -2.66. The summed E-state index contributed by atoms with van der Waals surface area (Å²) in [4.78, 5) is 38.0. The van der Waals surface area contributed by atoms with Crippen LogP contribution in [0.15, 0.2) is 41.5 Å². The summed E-state index contributed by atoms with van der Waals surface area (Å²) < 4.78 is 23.6. The number of nitro benzene ring substituents is 1. The summed E-state index contributed by atoms with van der Waals surface area (Å²) in [5.41, 5.74) is -0.302. The highest BCUT2D eigenvalue weighted by atomic mass is 35.5. The van der Waals surface area contributed by atoms with Gasteiger partial charge in [0.05, 0.1) is 24.7 Å². The number of ketones is 1. The zero-order valence-electron chi connectivity index (χ0n) is 22.8. The Bertz CT molecular complexity index is 1460. The molecule has 1 spiro atoms. The van der Waals surface area contributed by atoms with E-state index in [1.54, 1.807) is 6.07 Å². The second kappa shape index (κ2) is 8.71. The number of benzene rings is 2. The molecule has 0 saturated heterocycles. The molecule has 3 atom stereocenters. The number of rotatable bonds is 5. The first-order valence-corrected chi connectivity index (χ1v) is 13.0. The Morgan fingerprint density at radius 2 is 1.69 bits per heavy atom. The van der Waals surface area contributed by atoms with E-state index in [1.165, 1.54) is 38.5 Å². The first kappa shape index (κ1) is 27.0. The van der Waals surface area contributed by atoms with Crippen molar-refractivity contribution in [3.63, 3.8) is 0 Å². The van der Waals surface area contributed by atoms with Gasteiger partial charge >= 0.3 is 5.97 Å². The van der Waals surface area contributed by atoms with Crippen LogP contribution in [-0.4, -0.2) is 42.6 Å². The molecule has 1 heterocycles. The molecule has 0 fully saturated rings. The van der Waals surface area contributed by atoms with Crippen LogP contribution in [-0.2, 0) is 4.74 Å². The summed E-state index contributed by atoms with van der Waals surface area (Å²) >= 11 is 6.64. The average Bonchev–Trinajstić information content (AvgIpc) is 3.19. The van der Waals surface area contributed by atoms with Gasteiger partial charge in [-0.15, -0.1) is 0 Å². The third kappa shape index (κ3) is 3.45. The van der Waals surface area contributed by atoms with Gasteiger partial charge in [0.25, 0.3) is 5.69 Å². The van der Waals surface area contributed by atoms with Crippen LogP contribution in [0.1, 0.15) is 61.8 Å². The van der Waals surface area contributed by atoms with Crippen LogP contribution < -0.4 is 14.2 Å². The highest BCUT2D eigenvalue weighted by Gasteiger charge is 2.71. The smallest absolute Gasteiger partial charge is 0.338 e. The van der Waals surface area contributed by atoms with Crippen molar-refractivity contribution in [2.45, 2.75) is 52.7 Å². The van der Waals surface area contributed by atoms with Crippen LogP contribution in [0, 0.1) is 26.9 Å². The number of carbonyl (C=O) groups is 2. The van der Waals surface area contributed by atoms with Gasteiger partial charge in [-0.2, -0.15) is 0 Å². The number of ether oxygens (including phenoxy) is 4. The Hall–Kier alpha value is -3.59. The highest BCUT2D eigenvalue weighted by Crippen LogP contribution is 2.70. The van der Waals surface area contributed by atoms with Gasteiger partial charge in [0.15, 0.2) is 11.4 Å². The zero-order valence-corrected chi connectivity index (χ0v) is 23.6. The van der Waals surface area contributed by atoms with E-state index in [1.807, 2.05) is 6.92 Å². The number of carbonyl (C=O) groups excluding carboxylic acids is 2. The Morgan fingerprint density at radius 3 is 2.26 bits per heavy atom. The molecule has 206 valence electrons. The Balaban J connectivity index is 1.61. The molecule has 2 aromatic rings. The molecule has 0 aromatic heterocycles. The van der Waals surface area contributed by atoms with Gasteiger partial charge in [0.1, 0.15) is 28.2 Å². The summed E-state index contributed by atoms with van der Waals surface area (Å²) in [5, 5.41) is 11.2. The van der Waals surface area contributed by atoms with Crippen LogP contribution in [0.5, 0.6) is 17.2 Å². The van der Waals surface area contributed by atoms with Crippen molar-refractivity contribution in [3.05, 3.63) is 67.7 Å². The monoisotopic (exact) mass is 555 g/mol. The SMILES string of the molecule is COc1cc(OC)c2c(c1Cl)O[C@]1(C2=O)C2=C([C@H](OC(=O)c3ccc([N+](=O)[O-])cc3)C[C@H]1C)C(C)(C)C2(C)C. The first-order chi connectivity index (χ1) is 18.2. The summed E-state index contributed by atoms with van der Waals surface area (Å²) in [6, 6.07) is 6.87. The second-order valence-electron chi connectivity index (χ2n) is 11.3. The van der Waals surface area contributed by atoms with E-state index >= 15 is 0 Å². The number of methoxy groups -OCH3 is 2. The van der Waals surface area contributed by atoms with Gasteiger partial charge in [-0.05, 0) is 40.5 Å². The largest absolute Gasteiger partial charge is 0.496 e. The quantitative estimate of drug-likeness (QED) is 0.185. The fourth-order valence-electron chi connectivity index (χ4n) is 6.43. The summed E-state index contributed by atoms with van der Waals surface area (Å²) in [6.07, 6.45) is -0.285. The minimum absolute atomic E-state index is 0.117. The summed E-state index contributed by atoms with van der Waals surface area (Å²) in [5.74, 6) is -0.376. The standard InChI is InChI=1S/C29H30ClNO8/c1-14-12-18(38-26(33)15-8-10-16(11-9-15)31(34)35)21-24(28(4,5)27(21,2)3)29(14)25(32)20-17(36-6)13-19(37-7)22(30)23(20)39-29/h8-11,13-14,18H,12H2,1-7H3/t14-,18-,29+/m1/s1. The van der Waals surface area contributed by atoms with Crippen LogP contribution in [0.2, 0.25) is 5.02 Å². The van der Waals surface area contributed by atoms with Crippen molar-refractivity contribution < 1.29 is 33.5 Å². The number of esters is 1. The molecular weight excluding hydrogens is 526 g/mol. The molecule has 0 unspecified atom stereocenters. The summed E-state index contributed by atoms with van der Waals surface area (Å²) in [6.45, 7) is 10.1. The minimum atomic E-state index is -1.35. The zero-order chi connectivity index (χ0) is 28.7. The molecule has 0 saturated carbocycles. The number of halogens is 1. The molecule has 9 nitrogen and oxygen atoms in total. The van der Waals surface area contributed by atoms with Crippen molar-refractivity contribution in [3.8, 4) is 17.2 Å². The Morgan fingerprint density at radius 1 is 1.08 bits per heavy atom. The maximum atomic E-state index is 14.3. The maximum Gasteiger partial charge on any atom is 0.338 e. The van der Waals surface area contributed by atoms with E-state index in [9.17, 15) is 19.7 Å². The van der Waals surface area contributed by atoms with Gasteiger partial charge in [-0.1, -0.05) is 46.2 Å². The third-order valence-corrected chi connectivity index (χ3v) is 9.42. The van der Waals surface area contributed by atoms with E-state index in [-0.39, 0.29) is 33.4 Å². The fraction of sp³-hybridized carbons (Fsp3) is 0.448. The molecule has 0 bridgehead atoms. The topological polar surface area (TPSA) is 114 Å². The number of nitro groups is 1. The lowest BCUT2D eigenvalue weighted by Gasteiger charge is -2.64. The lowest BCUT2D eigenvalue weighted by molar-refractivity contribution is -0.384. The number of non-ortho nitro benzene ring substituents is 1. The number of nitrogens with zero attached hydrogens (tertiary/aromatic N) is 1. The Labute approximate surface area is 231 Å². The van der Waals surface area contributed by atoms with Crippen molar-refractivity contribution in [2.75, 3.05) is 14.2 Å². The van der Waals surface area contributed by atoms with Crippen LogP contribution in [0.3, 0.4) is 0 Å². The van der Waals surface area contributed by atoms with E-state index < -0.39 is 39.3 Å². The first-order valence-electron chi connectivity index (χ1n) is 12.6. The minimum Gasteiger partial charge on any atom is -0.496 e. The molecule has 3 aliphatic rings. The summed E-state index contributed by atoms with van der Waals surface area (Å²) in [7, 11) is 2.95. The predicted octanol–water partition coefficient (Wildman–Crippen LogP) is 6.21. The fourth-order valence-corrected chi connectivity index (χ4v) is 6.69. The third-order valence-electron chi connectivity index (χ3n) is 9.07. The number of Topliss-reactive ketones (excluding diaryl/α,β-unsaturated/α-hetero) is 1. The van der Waals surface area contributed by atoms with Gasteiger partial charge in [0.2, 0.25) is 5.78 Å². The molecule has 10 heteroatoms. The lowest BCUT2D eigenvalue weighted by atomic mass is 9.41. The molecule has 0 amide bonds. The van der Waals surface area contributed by atoms with Crippen LogP contribution >= 0.6 is 11.6 Å². The van der Waals surface area contributed by atoms with Gasteiger partial charge in [0, 0.05) is 24.1 Å². The molecule has 5 rings (SSSR count). The van der Waals surface area contributed by atoms with E-state index in [2.05, 4.69) is 27.7 Å². The highest BCUT2D eigenvalue weighted by molar-refractivity contribution is 6.35. The maximum absolute atomic E-state index is 14.3. The van der Waals surface area contributed by atoms with Gasteiger partial charge < -0.3 is 18.9 Å². The molecule has 0 radical (unpaired) electrons. The number of fused-ring (bicyclic) bond motifs is 2. The molecule has 39 heavy (non-hydrogen) atoms. The van der Waals surface area contributed by atoms with E-state index in [0.717, 1.165) is 11.1 Å². The van der Waals surface area contributed by atoms with Crippen molar-refractivity contribution >= 4 is 29.0 Å². The van der Waals surface area contributed by atoms with Crippen molar-refractivity contribution in [1.29, 1.82) is 0 Å². The molecular formula is C29H30ClNO8. The average molecular weight is 556 g/mol. The van der Waals surface area contributed by atoms with Crippen molar-refractivity contribution in [1.82, 2.24) is 0 Å². The van der Waals surface area contributed by atoms with Crippen molar-refractivity contribution in [2.24, 2.45) is 16.7 Å². The molecule has 2 aliphatic carbocycles. The van der Waals surface area contributed by atoms with Crippen LogP contribution in [0.25, 0.3) is 0 Å².